The van der Waals surface area contributed by atoms with Crippen LogP contribution in [0.25, 0.3) is 0 Å². The van der Waals surface area contributed by atoms with E-state index >= 15 is 0 Å². The van der Waals surface area contributed by atoms with E-state index in [1.165, 1.54) is 6.07 Å². The van der Waals surface area contributed by atoms with Crippen molar-refractivity contribution in [1.82, 2.24) is 0 Å². The van der Waals surface area contributed by atoms with Crippen LogP contribution >= 0.6 is 15.9 Å². The van der Waals surface area contributed by atoms with E-state index in [4.69, 9.17) is 9.47 Å². The second-order valence-electron chi connectivity index (χ2n) is 5.27. The molecular weight excluding hydrogens is 332 g/mol. The largest absolute Gasteiger partial charge is 0.380 e. The van der Waals surface area contributed by atoms with E-state index < -0.39 is 17.4 Å². The standard InChI is InChI=1S/C14H16BrF2NO2/c15-10-7-12(17)13(8-11(10)16)18-9-1-3-14(4-2-9)19-5-6-20-14/h7-9,18H,1-6H2. The van der Waals surface area contributed by atoms with E-state index in [-0.39, 0.29) is 16.2 Å². The van der Waals surface area contributed by atoms with E-state index in [9.17, 15) is 8.78 Å². The van der Waals surface area contributed by atoms with Crippen LogP contribution in [0.1, 0.15) is 25.7 Å². The molecule has 2 fully saturated rings. The number of ether oxygens (including phenoxy) is 2. The number of nitrogens with one attached hydrogen (secondary N) is 1. The van der Waals surface area contributed by atoms with Gasteiger partial charge in [0.2, 0.25) is 0 Å². The number of hydrogen-bond donors (Lipinski definition) is 1. The van der Waals surface area contributed by atoms with Crippen LogP contribution in [0.3, 0.4) is 0 Å². The van der Waals surface area contributed by atoms with E-state index in [0.29, 0.717) is 13.2 Å². The van der Waals surface area contributed by atoms with Gasteiger partial charge in [-0.05, 0) is 34.8 Å². The number of hydrogen-bond acceptors (Lipinski definition) is 3. The molecule has 1 aliphatic carbocycles. The third-order valence-corrected chi connectivity index (χ3v) is 4.54. The SMILES string of the molecule is Fc1cc(NC2CCC3(CC2)OCCO3)c(F)cc1Br. The Morgan fingerprint density at radius 3 is 2.40 bits per heavy atom. The molecule has 3 rings (SSSR count). The van der Waals surface area contributed by atoms with Gasteiger partial charge in [-0.15, -0.1) is 0 Å². The third-order valence-electron chi connectivity index (χ3n) is 3.93. The Morgan fingerprint density at radius 1 is 1.10 bits per heavy atom. The molecule has 1 N–H and O–H groups in total. The van der Waals surface area contributed by atoms with Crippen LogP contribution in [0.2, 0.25) is 0 Å². The van der Waals surface area contributed by atoms with Crippen molar-refractivity contribution >= 4 is 21.6 Å². The molecule has 1 aromatic rings. The van der Waals surface area contributed by atoms with E-state index in [1.807, 2.05) is 0 Å². The number of rotatable bonds is 2. The fraction of sp³-hybridized carbons (Fsp3) is 0.571. The summed E-state index contributed by atoms with van der Waals surface area (Å²) < 4.78 is 38.7. The number of benzene rings is 1. The molecule has 0 unspecified atom stereocenters. The lowest BCUT2D eigenvalue weighted by molar-refractivity contribution is -0.177. The summed E-state index contributed by atoms with van der Waals surface area (Å²) in [6.45, 7) is 1.29. The topological polar surface area (TPSA) is 30.5 Å². The van der Waals surface area contributed by atoms with Gasteiger partial charge in [0.1, 0.15) is 11.6 Å². The Bertz CT molecular complexity index is 496. The van der Waals surface area contributed by atoms with Crippen LogP contribution in [-0.4, -0.2) is 25.0 Å². The van der Waals surface area contributed by atoms with Crippen molar-refractivity contribution < 1.29 is 18.3 Å². The average Bonchev–Trinajstić information content (AvgIpc) is 2.87. The highest BCUT2D eigenvalue weighted by molar-refractivity contribution is 9.10. The van der Waals surface area contributed by atoms with Gasteiger partial charge >= 0.3 is 0 Å². The Hall–Kier alpha value is -0.720. The molecule has 0 amide bonds. The summed E-state index contributed by atoms with van der Waals surface area (Å²) in [7, 11) is 0. The Morgan fingerprint density at radius 2 is 1.75 bits per heavy atom. The Balaban J connectivity index is 1.63. The van der Waals surface area contributed by atoms with Crippen molar-refractivity contribution in [3.63, 3.8) is 0 Å². The maximum absolute atomic E-state index is 13.8. The summed E-state index contributed by atoms with van der Waals surface area (Å²) in [5.74, 6) is -1.35. The molecule has 6 heteroatoms. The molecule has 0 aromatic heterocycles. The van der Waals surface area contributed by atoms with Crippen molar-refractivity contribution in [2.24, 2.45) is 0 Å². The van der Waals surface area contributed by atoms with Crippen LogP contribution in [0.5, 0.6) is 0 Å². The van der Waals surface area contributed by atoms with Gasteiger partial charge in [-0.2, -0.15) is 0 Å². The first-order chi connectivity index (χ1) is 9.58. The minimum Gasteiger partial charge on any atom is -0.380 e. The summed E-state index contributed by atoms with van der Waals surface area (Å²) in [6.07, 6.45) is 3.20. The third kappa shape index (κ3) is 2.82. The smallest absolute Gasteiger partial charge is 0.168 e. The minimum atomic E-state index is -0.469. The summed E-state index contributed by atoms with van der Waals surface area (Å²) in [6, 6.07) is 2.45. The number of anilines is 1. The molecule has 1 aliphatic heterocycles. The highest BCUT2D eigenvalue weighted by atomic mass is 79.9. The van der Waals surface area contributed by atoms with Crippen LogP contribution < -0.4 is 5.32 Å². The minimum absolute atomic E-state index is 0.114. The number of halogens is 3. The molecule has 0 atom stereocenters. The first kappa shape index (κ1) is 14.2. The van der Waals surface area contributed by atoms with Gasteiger partial charge in [0.25, 0.3) is 0 Å². The molecule has 3 nitrogen and oxygen atoms in total. The zero-order valence-corrected chi connectivity index (χ0v) is 12.5. The van der Waals surface area contributed by atoms with Gasteiger partial charge in [0, 0.05) is 24.9 Å². The fourth-order valence-corrected chi connectivity index (χ4v) is 3.16. The fourth-order valence-electron chi connectivity index (χ4n) is 2.84. The highest BCUT2D eigenvalue weighted by Crippen LogP contribution is 2.37. The first-order valence-corrected chi connectivity index (χ1v) is 7.56. The predicted molar refractivity (Wildman–Crippen MR) is 74.6 cm³/mol. The van der Waals surface area contributed by atoms with Crippen LogP contribution in [0.15, 0.2) is 16.6 Å². The lowest BCUT2D eigenvalue weighted by Gasteiger charge is -2.36. The lowest BCUT2D eigenvalue weighted by Crippen LogP contribution is -2.39. The van der Waals surface area contributed by atoms with E-state index in [1.54, 1.807) is 0 Å². The zero-order valence-electron chi connectivity index (χ0n) is 10.9. The highest BCUT2D eigenvalue weighted by Gasteiger charge is 2.40. The molecule has 110 valence electrons. The van der Waals surface area contributed by atoms with Gasteiger partial charge in [0.05, 0.1) is 23.4 Å². The normalized spacial score (nSPS) is 22.4. The van der Waals surface area contributed by atoms with Gasteiger partial charge in [-0.3, -0.25) is 0 Å². The van der Waals surface area contributed by atoms with Crippen molar-refractivity contribution in [1.29, 1.82) is 0 Å². The van der Waals surface area contributed by atoms with E-state index in [2.05, 4.69) is 21.2 Å². The predicted octanol–water partition coefficient (Wildman–Crippen LogP) is 3.82. The maximum atomic E-state index is 13.8. The summed E-state index contributed by atoms with van der Waals surface area (Å²) in [4.78, 5) is 0. The zero-order chi connectivity index (χ0) is 14.2. The summed E-state index contributed by atoms with van der Waals surface area (Å²) >= 11 is 2.97. The van der Waals surface area contributed by atoms with Crippen molar-refractivity contribution in [3.05, 3.63) is 28.2 Å². The molecule has 1 saturated carbocycles. The van der Waals surface area contributed by atoms with Gasteiger partial charge in [0.15, 0.2) is 5.79 Å². The molecule has 1 aromatic carbocycles. The van der Waals surface area contributed by atoms with Gasteiger partial charge < -0.3 is 14.8 Å². The molecule has 0 bridgehead atoms. The van der Waals surface area contributed by atoms with Crippen molar-refractivity contribution in [3.8, 4) is 0 Å². The van der Waals surface area contributed by atoms with Crippen LogP contribution in [0, 0.1) is 11.6 Å². The summed E-state index contributed by atoms with van der Waals surface area (Å²) in [5, 5.41) is 3.08. The molecule has 20 heavy (non-hydrogen) atoms. The first-order valence-electron chi connectivity index (χ1n) is 6.77. The molecule has 1 saturated heterocycles. The maximum Gasteiger partial charge on any atom is 0.168 e. The molecule has 0 radical (unpaired) electrons. The second-order valence-corrected chi connectivity index (χ2v) is 6.13. The quantitative estimate of drug-likeness (QED) is 0.825. The molecule has 1 spiro atoms. The lowest BCUT2D eigenvalue weighted by atomic mass is 9.90. The second kappa shape index (κ2) is 5.58. The molecular formula is C14H16BrF2NO2. The monoisotopic (exact) mass is 347 g/mol. The molecule has 1 heterocycles. The van der Waals surface area contributed by atoms with Crippen LogP contribution in [-0.2, 0) is 9.47 Å². The van der Waals surface area contributed by atoms with Gasteiger partial charge in [-0.1, -0.05) is 0 Å². The Kier molecular flexibility index (Phi) is 3.97. The van der Waals surface area contributed by atoms with Crippen LogP contribution in [0.4, 0.5) is 14.5 Å². The van der Waals surface area contributed by atoms with E-state index in [0.717, 1.165) is 31.7 Å². The van der Waals surface area contributed by atoms with Crippen molar-refractivity contribution in [2.75, 3.05) is 18.5 Å². The van der Waals surface area contributed by atoms with Crippen molar-refractivity contribution in [2.45, 2.75) is 37.5 Å². The summed E-state index contributed by atoms with van der Waals surface area (Å²) in [5.41, 5.74) is 0.208. The van der Waals surface area contributed by atoms with Gasteiger partial charge in [-0.25, -0.2) is 8.78 Å². The molecule has 2 aliphatic rings. The Labute approximate surface area is 124 Å². The average molecular weight is 348 g/mol.